The second-order valence-electron chi connectivity index (χ2n) is 8.49. The van der Waals surface area contributed by atoms with Gasteiger partial charge in [-0.1, -0.05) is 12.1 Å². The summed E-state index contributed by atoms with van der Waals surface area (Å²) in [6, 6.07) is 2.70. The van der Waals surface area contributed by atoms with Gasteiger partial charge in [0, 0.05) is 24.7 Å². The molecule has 0 aliphatic rings. The molecule has 0 aliphatic heterocycles. The van der Waals surface area contributed by atoms with Crippen LogP contribution in [-0.4, -0.2) is 93.0 Å². The van der Waals surface area contributed by atoms with E-state index in [9.17, 15) is 34.2 Å². The van der Waals surface area contributed by atoms with Crippen molar-refractivity contribution in [2.75, 3.05) is 25.1 Å². The first-order valence-corrected chi connectivity index (χ1v) is 13.4. The molecule has 0 radical (unpaired) electrons. The number of phenolic OH excluding ortho intramolecular Hbond substituents is 1. The van der Waals surface area contributed by atoms with Crippen molar-refractivity contribution in [1.82, 2.24) is 31.2 Å². The topological polar surface area (TPSA) is 229 Å². The van der Waals surface area contributed by atoms with Gasteiger partial charge in [0.15, 0.2) is 0 Å². The number of amides is 4. The number of phenols is 1. The van der Waals surface area contributed by atoms with Crippen LogP contribution in [0.2, 0.25) is 0 Å². The molecule has 0 saturated heterocycles. The van der Waals surface area contributed by atoms with E-state index in [0.717, 1.165) is 0 Å². The summed E-state index contributed by atoms with van der Waals surface area (Å²) in [7, 11) is 0. The molecule has 1 aromatic heterocycles. The Labute approximate surface area is 228 Å². The number of hydrogen-bond donors (Lipinski definition) is 8. The fraction of sp³-hybridized carbons (Fsp3) is 0.417. The fourth-order valence-electron chi connectivity index (χ4n) is 3.46. The molecule has 212 valence electrons. The molecule has 0 bridgehead atoms. The lowest BCUT2D eigenvalue weighted by atomic mass is 10.0. The Morgan fingerprint density at radius 3 is 2.26 bits per heavy atom. The van der Waals surface area contributed by atoms with Gasteiger partial charge in [0.1, 0.15) is 23.9 Å². The highest BCUT2D eigenvalue weighted by atomic mass is 32.2. The van der Waals surface area contributed by atoms with Crippen molar-refractivity contribution >= 4 is 41.4 Å². The molecule has 0 spiro atoms. The van der Waals surface area contributed by atoms with Crippen LogP contribution in [0.15, 0.2) is 36.8 Å². The van der Waals surface area contributed by atoms with Gasteiger partial charge in [-0.25, -0.2) is 9.78 Å². The summed E-state index contributed by atoms with van der Waals surface area (Å²) in [5.41, 5.74) is 6.51. The van der Waals surface area contributed by atoms with E-state index >= 15 is 0 Å². The maximum absolute atomic E-state index is 12.9. The lowest BCUT2D eigenvalue weighted by Crippen LogP contribution is -2.55. The summed E-state index contributed by atoms with van der Waals surface area (Å²) in [5, 5.41) is 28.9. The Bertz CT molecular complexity index is 1110. The van der Waals surface area contributed by atoms with Crippen LogP contribution in [0, 0.1) is 0 Å². The van der Waals surface area contributed by atoms with Crippen LogP contribution in [0.25, 0.3) is 0 Å². The minimum Gasteiger partial charge on any atom is -0.508 e. The number of carboxylic acid groups (broad SMARTS) is 1. The number of aromatic hydroxyl groups is 1. The van der Waals surface area contributed by atoms with Crippen LogP contribution < -0.4 is 27.0 Å². The first-order valence-electron chi connectivity index (χ1n) is 12.0. The molecule has 15 heteroatoms. The third kappa shape index (κ3) is 11.0. The Morgan fingerprint density at radius 1 is 0.974 bits per heavy atom. The number of aliphatic carboxylic acids is 1. The van der Waals surface area contributed by atoms with Gasteiger partial charge >= 0.3 is 5.97 Å². The van der Waals surface area contributed by atoms with Crippen molar-refractivity contribution in [3.63, 3.8) is 0 Å². The average Bonchev–Trinajstić information content (AvgIpc) is 3.43. The van der Waals surface area contributed by atoms with Crippen molar-refractivity contribution in [1.29, 1.82) is 0 Å². The number of carbonyl (C=O) groups excluding carboxylic acids is 4. The summed E-state index contributed by atoms with van der Waals surface area (Å²) >= 11 is 1.44. The molecule has 2 rings (SSSR count). The number of carboxylic acids is 1. The van der Waals surface area contributed by atoms with Crippen LogP contribution in [0.5, 0.6) is 5.75 Å². The quantitative estimate of drug-likeness (QED) is 0.115. The van der Waals surface area contributed by atoms with E-state index in [1.165, 1.54) is 36.4 Å². The van der Waals surface area contributed by atoms with Gasteiger partial charge in [0.05, 0.1) is 19.4 Å². The predicted octanol–water partition coefficient (Wildman–Crippen LogP) is -1.73. The number of imidazole rings is 1. The number of benzene rings is 1. The van der Waals surface area contributed by atoms with Crippen molar-refractivity contribution in [2.24, 2.45) is 5.73 Å². The number of nitrogens with two attached hydrogens (primary N) is 1. The minimum atomic E-state index is -1.25. The standard InChI is InChI=1S/C24H33N7O7S/c1-39-7-6-17(23(36)31-19(24(37)38)9-15-11-26-13-28-15)29-21(34)12-27-22(35)18(30-20(33)10-25)8-14-2-4-16(32)5-3-14/h2-5,11,13,17-19,32H,6-10,12,25H2,1H3,(H,26,28)(H,27,35)(H,29,34)(H,30,33)(H,31,36)(H,37,38)/t17-,18-,19-/m0/s1. The zero-order chi connectivity index (χ0) is 28.8. The Balaban J connectivity index is 2.00. The number of thioether (sulfide) groups is 1. The number of H-pyrrole nitrogens is 1. The molecule has 14 nitrogen and oxygen atoms in total. The maximum Gasteiger partial charge on any atom is 0.326 e. The van der Waals surface area contributed by atoms with Gasteiger partial charge in [-0.15, -0.1) is 0 Å². The average molecular weight is 564 g/mol. The van der Waals surface area contributed by atoms with Crippen LogP contribution in [-0.2, 0) is 36.8 Å². The van der Waals surface area contributed by atoms with Crippen LogP contribution in [0.3, 0.4) is 0 Å². The number of nitrogens with zero attached hydrogens (tertiary/aromatic N) is 1. The van der Waals surface area contributed by atoms with Gasteiger partial charge in [-0.05, 0) is 36.1 Å². The van der Waals surface area contributed by atoms with Gasteiger partial charge in [-0.3, -0.25) is 19.2 Å². The summed E-state index contributed by atoms with van der Waals surface area (Å²) in [4.78, 5) is 68.4. The smallest absolute Gasteiger partial charge is 0.326 e. The van der Waals surface area contributed by atoms with Crippen LogP contribution in [0.1, 0.15) is 17.7 Å². The van der Waals surface area contributed by atoms with Gasteiger partial charge in [0.25, 0.3) is 0 Å². The van der Waals surface area contributed by atoms with Gasteiger partial charge in [0.2, 0.25) is 23.6 Å². The molecule has 1 aromatic carbocycles. The number of aromatic nitrogens is 2. The van der Waals surface area contributed by atoms with E-state index in [4.69, 9.17) is 5.73 Å². The van der Waals surface area contributed by atoms with E-state index in [1.54, 1.807) is 12.1 Å². The lowest BCUT2D eigenvalue weighted by Gasteiger charge is -2.22. The normalized spacial score (nSPS) is 13.0. The van der Waals surface area contributed by atoms with Crippen LogP contribution >= 0.6 is 11.8 Å². The zero-order valence-corrected chi connectivity index (χ0v) is 22.1. The van der Waals surface area contributed by atoms with E-state index < -0.39 is 54.3 Å². The van der Waals surface area contributed by atoms with Gasteiger partial charge in [-0.2, -0.15) is 11.8 Å². The highest BCUT2D eigenvalue weighted by Gasteiger charge is 2.27. The number of nitrogens with one attached hydrogen (secondary N) is 5. The Hall–Kier alpha value is -4.11. The van der Waals surface area contributed by atoms with E-state index in [1.807, 2.05) is 6.26 Å². The molecule has 0 saturated carbocycles. The molecular formula is C24H33N7O7S. The minimum absolute atomic E-state index is 0.0305. The first kappa shape index (κ1) is 31.1. The number of rotatable bonds is 16. The predicted molar refractivity (Wildman–Crippen MR) is 143 cm³/mol. The monoisotopic (exact) mass is 563 g/mol. The van der Waals surface area contributed by atoms with E-state index in [2.05, 4.69) is 31.2 Å². The van der Waals surface area contributed by atoms with Gasteiger partial charge < -0.3 is 42.2 Å². The SMILES string of the molecule is CSCC[C@H](NC(=O)CNC(=O)[C@H](Cc1ccc(O)cc1)NC(=O)CN)C(=O)N[C@@H](Cc1cnc[nH]1)C(=O)O. The molecular weight excluding hydrogens is 530 g/mol. The second kappa shape index (κ2) is 16.0. The van der Waals surface area contributed by atoms with Crippen molar-refractivity contribution in [3.05, 3.63) is 48.0 Å². The Kier molecular flexibility index (Phi) is 12.8. The molecule has 0 aliphatic carbocycles. The van der Waals surface area contributed by atoms with Crippen molar-refractivity contribution in [3.8, 4) is 5.75 Å². The molecule has 4 amide bonds. The Morgan fingerprint density at radius 2 is 1.67 bits per heavy atom. The number of aromatic amines is 1. The summed E-state index contributed by atoms with van der Waals surface area (Å²) < 4.78 is 0. The highest BCUT2D eigenvalue weighted by molar-refractivity contribution is 7.98. The molecule has 9 N–H and O–H groups in total. The summed E-state index contributed by atoms with van der Waals surface area (Å²) in [6.45, 7) is -0.841. The molecule has 39 heavy (non-hydrogen) atoms. The van der Waals surface area contributed by atoms with E-state index in [-0.39, 0.29) is 31.6 Å². The van der Waals surface area contributed by atoms with Crippen molar-refractivity contribution < 1.29 is 34.2 Å². The largest absolute Gasteiger partial charge is 0.508 e. The second-order valence-corrected chi connectivity index (χ2v) is 9.48. The zero-order valence-electron chi connectivity index (χ0n) is 21.3. The van der Waals surface area contributed by atoms with E-state index in [0.29, 0.717) is 17.0 Å². The fourth-order valence-corrected chi connectivity index (χ4v) is 3.93. The van der Waals surface area contributed by atoms with Crippen LogP contribution in [0.4, 0.5) is 0 Å². The summed E-state index contributed by atoms with van der Waals surface area (Å²) in [6.07, 6.45) is 4.92. The highest BCUT2D eigenvalue weighted by Crippen LogP contribution is 2.11. The number of hydrogen-bond acceptors (Lipinski definition) is 9. The third-order valence-electron chi connectivity index (χ3n) is 5.49. The first-order chi connectivity index (χ1) is 18.6. The summed E-state index contributed by atoms with van der Waals surface area (Å²) in [5.74, 6) is -3.30. The number of carbonyl (C=O) groups is 5. The third-order valence-corrected chi connectivity index (χ3v) is 6.14. The molecule has 0 fully saturated rings. The van der Waals surface area contributed by atoms with Crippen molar-refractivity contribution in [2.45, 2.75) is 37.4 Å². The molecule has 2 aromatic rings. The lowest BCUT2D eigenvalue weighted by molar-refractivity contribution is -0.142. The molecule has 1 heterocycles. The molecule has 3 atom stereocenters. The maximum atomic E-state index is 12.9. The molecule has 0 unspecified atom stereocenters.